The Kier molecular flexibility index (Phi) is 2.68. The predicted octanol–water partition coefficient (Wildman–Crippen LogP) is 3.30. The van der Waals surface area contributed by atoms with Crippen LogP contribution in [-0.4, -0.2) is 7.11 Å². The van der Waals surface area contributed by atoms with Crippen molar-refractivity contribution < 1.29 is 9.13 Å². The first kappa shape index (κ1) is 9.71. The first-order valence-corrected chi connectivity index (χ1v) is 4.61. The van der Waals surface area contributed by atoms with Crippen LogP contribution >= 0.6 is 0 Å². The summed E-state index contributed by atoms with van der Waals surface area (Å²) in [5.41, 5.74) is 1.82. The van der Waals surface area contributed by atoms with E-state index in [4.69, 9.17) is 4.74 Å². The third-order valence-corrected chi connectivity index (χ3v) is 2.16. The summed E-state index contributed by atoms with van der Waals surface area (Å²) in [5, 5.41) is 0. The summed E-state index contributed by atoms with van der Waals surface area (Å²) in [7, 11) is 1.61. The van der Waals surface area contributed by atoms with Gasteiger partial charge in [0.1, 0.15) is 11.6 Å². The van der Waals surface area contributed by atoms with Gasteiger partial charge in [0.05, 0.1) is 7.11 Å². The number of ether oxygens (including phenoxy) is 1. The van der Waals surface area contributed by atoms with Crippen LogP contribution in [0.3, 0.4) is 0 Å². The minimum atomic E-state index is -0.235. The summed E-state index contributed by atoms with van der Waals surface area (Å²) < 4.78 is 17.8. The van der Waals surface area contributed by atoms with Gasteiger partial charge in [-0.1, -0.05) is 18.2 Å². The Bertz CT molecular complexity index is 448. The molecule has 1 radical (unpaired) electrons. The van der Waals surface area contributed by atoms with Crippen molar-refractivity contribution in [3.63, 3.8) is 0 Å². The summed E-state index contributed by atoms with van der Waals surface area (Å²) in [6.45, 7) is 0. The highest BCUT2D eigenvalue weighted by Crippen LogP contribution is 2.23. The van der Waals surface area contributed by atoms with Gasteiger partial charge in [-0.3, -0.25) is 0 Å². The fraction of sp³-hybridized carbons (Fsp3) is 0.0769. The van der Waals surface area contributed by atoms with Crippen LogP contribution in [0.2, 0.25) is 0 Å². The number of halogens is 1. The average molecular weight is 201 g/mol. The molecule has 0 aliphatic rings. The molecule has 0 amide bonds. The summed E-state index contributed by atoms with van der Waals surface area (Å²) >= 11 is 0. The van der Waals surface area contributed by atoms with E-state index in [-0.39, 0.29) is 5.82 Å². The first-order valence-electron chi connectivity index (χ1n) is 4.61. The zero-order valence-corrected chi connectivity index (χ0v) is 8.33. The maximum Gasteiger partial charge on any atom is 0.123 e. The van der Waals surface area contributed by atoms with Crippen LogP contribution in [0.15, 0.2) is 42.5 Å². The molecular weight excluding hydrogens is 191 g/mol. The van der Waals surface area contributed by atoms with E-state index in [0.29, 0.717) is 0 Å². The van der Waals surface area contributed by atoms with Crippen molar-refractivity contribution >= 4 is 0 Å². The van der Waals surface area contributed by atoms with Crippen molar-refractivity contribution in [1.29, 1.82) is 0 Å². The molecule has 2 rings (SSSR count). The minimum absolute atomic E-state index is 0.235. The fourth-order valence-corrected chi connectivity index (χ4v) is 1.37. The van der Waals surface area contributed by atoms with E-state index < -0.39 is 0 Å². The second-order valence-electron chi connectivity index (χ2n) is 3.15. The van der Waals surface area contributed by atoms with Crippen LogP contribution in [0, 0.1) is 11.9 Å². The summed E-state index contributed by atoms with van der Waals surface area (Å²) in [4.78, 5) is 0. The topological polar surface area (TPSA) is 9.23 Å². The predicted molar refractivity (Wildman–Crippen MR) is 57.2 cm³/mol. The SMILES string of the molecule is COc1cc[c]c(-c2ccc(F)cc2)c1. The van der Waals surface area contributed by atoms with E-state index in [0.717, 1.165) is 16.9 Å². The molecule has 0 saturated carbocycles. The zero-order chi connectivity index (χ0) is 10.7. The van der Waals surface area contributed by atoms with Gasteiger partial charge in [0.2, 0.25) is 0 Å². The zero-order valence-electron chi connectivity index (χ0n) is 8.33. The van der Waals surface area contributed by atoms with E-state index in [1.807, 2.05) is 12.1 Å². The van der Waals surface area contributed by atoms with Gasteiger partial charge in [0, 0.05) is 0 Å². The van der Waals surface area contributed by atoms with Crippen LogP contribution < -0.4 is 4.74 Å². The quantitative estimate of drug-likeness (QED) is 0.724. The molecule has 75 valence electrons. The Morgan fingerprint density at radius 2 is 1.87 bits per heavy atom. The standard InChI is InChI=1S/C13H10FO/c1-15-13-4-2-3-11(9-13)10-5-7-12(14)8-6-10/h2,4-9H,1H3. The fourth-order valence-electron chi connectivity index (χ4n) is 1.37. The third-order valence-electron chi connectivity index (χ3n) is 2.16. The van der Waals surface area contributed by atoms with Gasteiger partial charge in [-0.25, -0.2) is 4.39 Å². The molecule has 2 aromatic carbocycles. The smallest absolute Gasteiger partial charge is 0.123 e. The second kappa shape index (κ2) is 4.13. The Hall–Kier alpha value is -1.83. The van der Waals surface area contributed by atoms with Gasteiger partial charge >= 0.3 is 0 Å². The molecule has 1 nitrogen and oxygen atoms in total. The normalized spacial score (nSPS) is 10.0. The Balaban J connectivity index is 2.40. The van der Waals surface area contributed by atoms with Crippen molar-refractivity contribution in [2.45, 2.75) is 0 Å². The highest BCUT2D eigenvalue weighted by Gasteiger charge is 1.99. The van der Waals surface area contributed by atoms with Crippen molar-refractivity contribution in [2.24, 2.45) is 0 Å². The first-order chi connectivity index (χ1) is 7.29. The van der Waals surface area contributed by atoms with Crippen molar-refractivity contribution in [3.05, 3.63) is 54.3 Å². The van der Waals surface area contributed by atoms with Crippen LogP contribution in [0.4, 0.5) is 4.39 Å². The van der Waals surface area contributed by atoms with E-state index in [1.165, 1.54) is 12.1 Å². The number of rotatable bonds is 2. The molecule has 0 aromatic heterocycles. The monoisotopic (exact) mass is 201 g/mol. The maximum absolute atomic E-state index is 12.7. The van der Waals surface area contributed by atoms with Crippen LogP contribution in [-0.2, 0) is 0 Å². The molecule has 2 aromatic rings. The summed E-state index contributed by atoms with van der Waals surface area (Å²) in [5.74, 6) is 0.537. The molecule has 0 spiro atoms. The molecule has 0 saturated heterocycles. The Morgan fingerprint density at radius 3 is 2.53 bits per heavy atom. The van der Waals surface area contributed by atoms with Crippen LogP contribution in [0.1, 0.15) is 0 Å². The largest absolute Gasteiger partial charge is 0.497 e. The van der Waals surface area contributed by atoms with Crippen molar-refractivity contribution in [2.75, 3.05) is 7.11 Å². The summed E-state index contributed by atoms with van der Waals surface area (Å²) in [6.07, 6.45) is 0. The van der Waals surface area contributed by atoms with Crippen LogP contribution in [0.25, 0.3) is 11.1 Å². The molecule has 2 heteroatoms. The number of hydrogen-bond donors (Lipinski definition) is 0. The molecule has 0 heterocycles. The maximum atomic E-state index is 12.7. The molecule has 0 bridgehead atoms. The molecule has 15 heavy (non-hydrogen) atoms. The van der Waals surface area contributed by atoms with Crippen LogP contribution in [0.5, 0.6) is 5.75 Å². The van der Waals surface area contributed by atoms with Gasteiger partial charge in [0.15, 0.2) is 0 Å². The lowest BCUT2D eigenvalue weighted by atomic mass is 10.1. The Morgan fingerprint density at radius 1 is 1.13 bits per heavy atom. The molecular formula is C13H10FO. The molecule has 0 aliphatic heterocycles. The molecule has 0 atom stereocenters. The van der Waals surface area contributed by atoms with Crippen molar-refractivity contribution in [1.82, 2.24) is 0 Å². The third kappa shape index (κ3) is 2.15. The molecule has 0 aliphatic carbocycles. The van der Waals surface area contributed by atoms with Gasteiger partial charge in [-0.2, -0.15) is 0 Å². The highest BCUT2D eigenvalue weighted by atomic mass is 19.1. The van der Waals surface area contributed by atoms with Crippen molar-refractivity contribution in [3.8, 4) is 16.9 Å². The van der Waals surface area contributed by atoms with E-state index in [1.54, 1.807) is 25.3 Å². The molecule has 0 unspecified atom stereocenters. The molecule has 0 fully saturated rings. The lowest BCUT2D eigenvalue weighted by molar-refractivity contribution is 0.415. The number of hydrogen-bond acceptors (Lipinski definition) is 1. The van der Waals surface area contributed by atoms with E-state index >= 15 is 0 Å². The Labute approximate surface area is 88.1 Å². The number of benzene rings is 2. The lowest BCUT2D eigenvalue weighted by Gasteiger charge is -2.03. The minimum Gasteiger partial charge on any atom is -0.497 e. The van der Waals surface area contributed by atoms with Gasteiger partial charge in [-0.15, -0.1) is 0 Å². The van der Waals surface area contributed by atoms with E-state index in [2.05, 4.69) is 6.07 Å². The molecule has 0 N–H and O–H groups in total. The number of methoxy groups -OCH3 is 1. The van der Waals surface area contributed by atoms with Gasteiger partial charge in [0.25, 0.3) is 0 Å². The summed E-state index contributed by atoms with van der Waals surface area (Å²) in [6, 6.07) is 14.9. The van der Waals surface area contributed by atoms with E-state index in [9.17, 15) is 4.39 Å². The highest BCUT2D eigenvalue weighted by molar-refractivity contribution is 5.64. The van der Waals surface area contributed by atoms with Gasteiger partial charge < -0.3 is 4.74 Å². The average Bonchev–Trinajstić information content (AvgIpc) is 2.30. The lowest BCUT2D eigenvalue weighted by Crippen LogP contribution is -1.84. The van der Waals surface area contributed by atoms with Gasteiger partial charge in [-0.05, 0) is 41.5 Å². The second-order valence-corrected chi connectivity index (χ2v) is 3.15.